The number of aliphatic imine (C=N–C) groups is 1. The molecule has 1 aliphatic heterocycles. The number of nitrogens with zero attached hydrogens (tertiary/aromatic N) is 4. The molecule has 5 N–H and O–H groups in total. The van der Waals surface area contributed by atoms with E-state index in [1.165, 1.54) is 12.1 Å². The Bertz CT molecular complexity index is 1400. The number of anilines is 3. The van der Waals surface area contributed by atoms with Gasteiger partial charge in [0.2, 0.25) is 0 Å². The molecule has 0 saturated carbocycles. The van der Waals surface area contributed by atoms with Gasteiger partial charge in [0.15, 0.2) is 0 Å². The molecule has 188 valence electrons. The van der Waals surface area contributed by atoms with E-state index in [1.54, 1.807) is 17.9 Å². The second-order valence-electron chi connectivity index (χ2n) is 8.74. The van der Waals surface area contributed by atoms with Gasteiger partial charge < -0.3 is 26.0 Å². The highest BCUT2D eigenvalue weighted by molar-refractivity contribution is 7.10. The maximum Gasteiger partial charge on any atom is 0.271 e. The number of rotatable bonds is 8. The Morgan fingerprint density at radius 3 is 2.69 bits per heavy atom. The lowest BCUT2D eigenvalue weighted by atomic mass is 10.1. The van der Waals surface area contributed by atoms with E-state index in [1.807, 2.05) is 31.1 Å². The highest BCUT2D eigenvalue weighted by Crippen LogP contribution is 2.32. The number of hydrogen-bond donors (Lipinski definition) is 4. The van der Waals surface area contributed by atoms with Crippen LogP contribution in [0.5, 0.6) is 0 Å². The summed E-state index contributed by atoms with van der Waals surface area (Å²) in [5, 5.41) is 15.7. The number of fused-ring (bicyclic) bond motifs is 1. The van der Waals surface area contributed by atoms with Gasteiger partial charge in [0.05, 0.1) is 18.2 Å². The van der Waals surface area contributed by atoms with Gasteiger partial charge in [-0.3, -0.25) is 19.0 Å². The van der Waals surface area contributed by atoms with Crippen molar-refractivity contribution >= 4 is 45.3 Å². The Kier molecular flexibility index (Phi) is 7.17. The molecule has 2 aromatic carbocycles. The van der Waals surface area contributed by atoms with E-state index < -0.39 is 11.6 Å². The van der Waals surface area contributed by atoms with Gasteiger partial charge in [0.1, 0.15) is 22.1 Å². The Morgan fingerprint density at radius 2 is 2.00 bits per heavy atom. The molecule has 0 fully saturated rings. The Balaban J connectivity index is 1.56. The number of aromatic amines is 1. The van der Waals surface area contributed by atoms with Crippen molar-refractivity contribution in [1.82, 2.24) is 9.27 Å². The lowest BCUT2D eigenvalue weighted by Crippen LogP contribution is -2.25. The first-order chi connectivity index (χ1) is 17.2. The van der Waals surface area contributed by atoms with E-state index in [-0.39, 0.29) is 35.2 Å². The molecule has 1 aliphatic rings. The molecule has 1 unspecified atom stereocenters. The molecule has 0 aliphatic carbocycles. The van der Waals surface area contributed by atoms with Crippen LogP contribution in [0.1, 0.15) is 34.0 Å². The zero-order valence-electron chi connectivity index (χ0n) is 20.1. The van der Waals surface area contributed by atoms with Gasteiger partial charge in [-0.05, 0) is 65.1 Å². The zero-order chi connectivity index (χ0) is 26.0. The molecule has 12 heteroatoms. The number of H-pyrrole nitrogens is 1. The number of carbonyl (C=O) groups is 1. The lowest BCUT2D eigenvalue weighted by molar-refractivity contribution is 0.0752. The molecule has 3 aromatic rings. The van der Waals surface area contributed by atoms with Crippen molar-refractivity contribution in [2.75, 3.05) is 30.9 Å². The van der Waals surface area contributed by atoms with Crippen LogP contribution in [0.4, 0.5) is 22.1 Å². The third kappa shape index (κ3) is 4.99. The number of nitrogens with two attached hydrogens (primary N) is 1. The van der Waals surface area contributed by atoms with Gasteiger partial charge >= 0.3 is 0 Å². The number of nitroso groups, excluding NO2 is 1. The summed E-state index contributed by atoms with van der Waals surface area (Å²) < 4.78 is 2.60. The Labute approximate surface area is 211 Å². The van der Waals surface area contributed by atoms with E-state index in [9.17, 15) is 19.6 Å². The summed E-state index contributed by atoms with van der Waals surface area (Å²) in [4.78, 5) is 45.0. The highest BCUT2D eigenvalue weighted by atomic mass is 32.1. The minimum atomic E-state index is -0.473. The number of nitrogens with one attached hydrogen (secondary N) is 2. The fourth-order valence-corrected chi connectivity index (χ4v) is 4.70. The number of aliphatic hydroxyl groups is 1. The Hall–Kier alpha value is -4.03. The first-order valence-electron chi connectivity index (χ1n) is 11.2. The van der Waals surface area contributed by atoms with Crippen molar-refractivity contribution in [3.05, 3.63) is 73.9 Å². The van der Waals surface area contributed by atoms with Crippen molar-refractivity contribution < 1.29 is 9.90 Å². The van der Waals surface area contributed by atoms with Gasteiger partial charge in [0.25, 0.3) is 11.5 Å². The standard InChI is InChI=1S/C24H27N7O4S/c1-13(12-32)26-21(25)20-22(33)29-36-23(20)27-16-5-7-18(19(9-16)28-35)24(34)31-10-14-4-6-17(30(2)3)8-15(14)11-31/h4-9,13,27,32H,10-12H2,1-3H3,(H2,25,26)(H,29,33). The van der Waals surface area contributed by atoms with Crippen molar-refractivity contribution in [3.8, 4) is 0 Å². The van der Waals surface area contributed by atoms with Gasteiger partial charge in [0, 0.05) is 38.6 Å². The summed E-state index contributed by atoms with van der Waals surface area (Å²) in [6, 6.07) is 10.2. The smallest absolute Gasteiger partial charge is 0.271 e. The first kappa shape index (κ1) is 25.1. The van der Waals surface area contributed by atoms with Crippen LogP contribution in [0.25, 0.3) is 0 Å². The van der Waals surface area contributed by atoms with Crippen molar-refractivity contribution in [2.24, 2.45) is 15.9 Å². The number of amidine groups is 1. The summed E-state index contributed by atoms with van der Waals surface area (Å²) in [5.74, 6) is -0.312. The van der Waals surface area contributed by atoms with E-state index >= 15 is 0 Å². The van der Waals surface area contributed by atoms with Crippen LogP contribution in [0, 0.1) is 4.91 Å². The average molecular weight is 510 g/mol. The van der Waals surface area contributed by atoms with Gasteiger partial charge in [-0.15, -0.1) is 4.91 Å². The fourth-order valence-electron chi connectivity index (χ4n) is 3.94. The minimum Gasteiger partial charge on any atom is -0.394 e. The van der Waals surface area contributed by atoms with Gasteiger partial charge in [-0.2, -0.15) is 0 Å². The number of amides is 1. The SMILES string of the molecule is CC(CO)N=C(N)c1c(Nc2ccc(C(=O)N3Cc4ccc(N(C)C)cc4C3)c(N=O)c2)s[nH]c1=O. The summed E-state index contributed by atoms with van der Waals surface area (Å²) in [5.41, 5.74) is 9.49. The van der Waals surface area contributed by atoms with Gasteiger partial charge in [-0.1, -0.05) is 6.07 Å². The topological polar surface area (TPSA) is 156 Å². The van der Waals surface area contributed by atoms with Crippen LogP contribution in [-0.4, -0.2) is 52.9 Å². The number of aliphatic hydroxyl groups excluding tert-OH is 1. The van der Waals surface area contributed by atoms with E-state index in [0.717, 1.165) is 28.3 Å². The van der Waals surface area contributed by atoms with E-state index in [0.29, 0.717) is 23.8 Å². The molecule has 0 radical (unpaired) electrons. The molecule has 1 amide bonds. The normalized spacial score (nSPS) is 13.9. The highest BCUT2D eigenvalue weighted by Gasteiger charge is 2.27. The number of hydrogen-bond acceptors (Lipinski definition) is 9. The molecule has 1 aromatic heterocycles. The number of aromatic nitrogens is 1. The summed E-state index contributed by atoms with van der Waals surface area (Å²) in [7, 11) is 3.92. The first-order valence-corrected chi connectivity index (χ1v) is 12.0. The van der Waals surface area contributed by atoms with Crippen LogP contribution >= 0.6 is 11.5 Å². The van der Waals surface area contributed by atoms with Crippen molar-refractivity contribution in [3.63, 3.8) is 0 Å². The lowest BCUT2D eigenvalue weighted by Gasteiger charge is -2.17. The average Bonchev–Trinajstić information content (AvgIpc) is 3.45. The molecular formula is C24H27N7O4S. The van der Waals surface area contributed by atoms with Crippen LogP contribution in [0.3, 0.4) is 0 Å². The zero-order valence-corrected chi connectivity index (χ0v) is 20.9. The molecule has 0 spiro atoms. The Morgan fingerprint density at radius 1 is 1.25 bits per heavy atom. The van der Waals surface area contributed by atoms with Crippen molar-refractivity contribution in [1.29, 1.82) is 0 Å². The molecule has 1 atom stereocenters. The molecule has 2 heterocycles. The number of carbonyl (C=O) groups excluding carboxylic acids is 1. The summed E-state index contributed by atoms with van der Waals surface area (Å²) in [6.45, 7) is 2.35. The molecule has 11 nitrogen and oxygen atoms in total. The van der Waals surface area contributed by atoms with Crippen LogP contribution in [0.15, 0.2) is 51.4 Å². The van der Waals surface area contributed by atoms with Crippen LogP contribution in [-0.2, 0) is 13.1 Å². The summed E-state index contributed by atoms with van der Waals surface area (Å²) >= 11 is 1.02. The van der Waals surface area contributed by atoms with Crippen LogP contribution < -0.4 is 21.5 Å². The molecule has 4 rings (SSSR count). The van der Waals surface area contributed by atoms with E-state index in [4.69, 9.17) is 5.73 Å². The summed E-state index contributed by atoms with van der Waals surface area (Å²) in [6.07, 6.45) is 0. The second kappa shape index (κ2) is 10.3. The van der Waals surface area contributed by atoms with Crippen LogP contribution in [0.2, 0.25) is 0 Å². The maximum absolute atomic E-state index is 13.3. The molecule has 0 bridgehead atoms. The number of benzene rings is 2. The third-order valence-corrected chi connectivity index (χ3v) is 6.68. The molecule has 36 heavy (non-hydrogen) atoms. The third-order valence-electron chi connectivity index (χ3n) is 5.88. The predicted molar refractivity (Wildman–Crippen MR) is 142 cm³/mol. The molecule has 0 saturated heterocycles. The predicted octanol–water partition coefficient (Wildman–Crippen LogP) is 2.89. The van der Waals surface area contributed by atoms with Gasteiger partial charge in [-0.25, -0.2) is 0 Å². The fraction of sp³-hybridized carbons (Fsp3) is 0.292. The maximum atomic E-state index is 13.3. The minimum absolute atomic E-state index is 0.0186. The second-order valence-corrected chi connectivity index (χ2v) is 9.56. The van der Waals surface area contributed by atoms with Crippen molar-refractivity contribution in [2.45, 2.75) is 26.1 Å². The molecular weight excluding hydrogens is 482 g/mol. The monoisotopic (exact) mass is 509 g/mol. The largest absolute Gasteiger partial charge is 0.394 e. The van der Waals surface area contributed by atoms with E-state index in [2.05, 4.69) is 25.9 Å². The quantitative estimate of drug-likeness (QED) is 0.207.